The van der Waals surface area contributed by atoms with E-state index in [-0.39, 0.29) is 12.0 Å². The molecule has 8 rings (SSSR count). The lowest BCUT2D eigenvalue weighted by atomic mass is 9.94. The number of carbonyl (C=O) groups is 1. The molecule has 1 aliphatic heterocycles. The largest absolute Gasteiger partial charge is 0.481 e. The van der Waals surface area contributed by atoms with Crippen molar-refractivity contribution in [2.45, 2.75) is 63.6 Å². The minimum absolute atomic E-state index is 0.228. The van der Waals surface area contributed by atoms with E-state index in [0.717, 1.165) is 90.2 Å². The molecule has 3 aromatic heterocycles. The fraction of sp³-hybridized carbons (Fsp3) is 0.400. The topological polar surface area (TPSA) is 140 Å². The zero-order valence-corrected chi connectivity index (χ0v) is 31.8. The zero-order chi connectivity index (χ0) is 37.2. The Balaban J connectivity index is 0.980. The van der Waals surface area contributed by atoms with Crippen molar-refractivity contribution >= 4 is 29.0 Å². The van der Waals surface area contributed by atoms with Crippen LogP contribution in [0.25, 0.3) is 22.4 Å². The predicted molar refractivity (Wildman–Crippen MR) is 205 cm³/mol. The number of carbonyl (C=O) groups excluding carboxylic acids is 1. The summed E-state index contributed by atoms with van der Waals surface area (Å²) < 4.78 is 18.0. The van der Waals surface area contributed by atoms with Crippen LogP contribution >= 0.6 is 23.2 Å². The average Bonchev–Trinajstić information content (AvgIpc) is 4.02. The molecule has 3 aliphatic rings. The van der Waals surface area contributed by atoms with E-state index in [4.69, 9.17) is 47.4 Å². The summed E-state index contributed by atoms with van der Waals surface area (Å²) >= 11 is 14.0. The molecular formula is C40H42Cl2N8O4. The van der Waals surface area contributed by atoms with Crippen molar-refractivity contribution in [3.8, 4) is 40.0 Å². The second-order valence-electron chi connectivity index (χ2n) is 14.3. The molecule has 2 N–H and O–H groups in total. The Labute approximate surface area is 323 Å². The standard InChI is InChI=1S/C40H42Cl2N8O4/c1-52-38-24(20-43-19-23-9-11-27(51)17-23)10-13-34(44-38)32-8-4-7-31(36(32)42)28-5-3-6-30-29(28)12-14-35(30)54-40-33(41)18-26(39(45-40)53-2)22-50-16-15-25(21-50)37-46-48-49-47-37/h3-8,10,13,18,23,25,35,43H,9,11-12,14-17,19-22H2,1-2H3,(H,46,47,48,49)/t23-,25-,35+/m1/s1. The second kappa shape index (κ2) is 16.0. The van der Waals surface area contributed by atoms with Gasteiger partial charge in [0.1, 0.15) is 16.9 Å². The number of methoxy groups -OCH3 is 2. The SMILES string of the molecule is COc1nc(-c2cccc(-c3cccc4c3CC[C@@H]4Oc3nc(OC)c(CN4CC[C@@H](c5nn[nH]n5)C4)cc3Cl)c2Cl)ccc1CNC[C@@H]1CCC(=O)C1. The number of H-pyrrole nitrogens is 1. The van der Waals surface area contributed by atoms with E-state index in [2.05, 4.69) is 43.0 Å². The summed E-state index contributed by atoms with van der Waals surface area (Å²) in [7, 11) is 3.25. The van der Waals surface area contributed by atoms with Gasteiger partial charge in [0.2, 0.25) is 17.6 Å². The van der Waals surface area contributed by atoms with Crippen molar-refractivity contribution in [2.75, 3.05) is 33.9 Å². The van der Waals surface area contributed by atoms with Gasteiger partial charge in [0.25, 0.3) is 0 Å². The summed E-state index contributed by atoms with van der Waals surface area (Å²) in [6, 6.07) is 18.2. The van der Waals surface area contributed by atoms with Crippen LogP contribution in [-0.2, 0) is 24.3 Å². The number of Topliss-reactive ketones (excluding diaryl/α,β-unsaturated/α-hetero) is 1. The van der Waals surface area contributed by atoms with Gasteiger partial charge in [0, 0.05) is 60.6 Å². The van der Waals surface area contributed by atoms with Gasteiger partial charge in [-0.15, -0.1) is 10.2 Å². The van der Waals surface area contributed by atoms with Crippen LogP contribution in [0.2, 0.25) is 10.0 Å². The van der Waals surface area contributed by atoms with Crippen LogP contribution in [0.15, 0.2) is 54.6 Å². The van der Waals surface area contributed by atoms with Crippen molar-refractivity contribution in [3.05, 3.63) is 92.7 Å². The minimum atomic E-state index is -0.238. The van der Waals surface area contributed by atoms with Gasteiger partial charge < -0.3 is 19.5 Å². The maximum absolute atomic E-state index is 11.7. The highest BCUT2D eigenvalue weighted by Gasteiger charge is 2.31. The van der Waals surface area contributed by atoms with Gasteiger partial charge in [-0.3, -0.25) is 9.69 Å². The number of hydrogen-bond acceptors (Lipinski definition) is 11. The number of halogens is 2. The van der Waals surface area contributed by atoms with Gasteiger partial charge in [-0.1, -0.05) is 70.9 Å². The highest BCUT2D eigenvalue weighted by Crippen LogP contribution is 2.45. The lowest BCUT2D eigenvalue weighted by Crippen LogP contribution is -2.21. The summed E-state index contributed by atoms with van der Waals surface area (Å²) in [5.41, 5.74) is 7.64. The normalized spacial score (nSPS) is 19.7. The van der Waals surface area contributed by atoms with E-state index < -0.39 is 0 Å². The molecule has 2 aromatic carbocycles. The van der Waals surface area contributed by atoms with E-state index in [9.17, 15) is 4.79 Å². The smallest absolute Gasteiger partial charge is 0.236 e. The molecular weight excluding hydrogens is 727 g/mol. The number of nitrogens with one attached hydrogen (secondary N) is 2. The third-order valence-electron chi connectivity index (χ3n) is 10.8. The number of ether oxygens (including phenoxy) is 3. The molecule has 0 spiro atoms. The average molecular weight is 770 g/mol. The van der Waals surface area contributed by atoms with Crippen molar-refractivity contribution in [1.29, 1.82) is 0 Å². The first-order valence-corrected chi connectivity index (χ1v) is 19.2. The Morgan fingerprint density at radius 2 is 1.72 bits per heavy atom. The number of ketones is 1. The minimum Gasteiger partial charge on any atom is -0.481 e. The van der Waals surface area contributed by atoms with Crippen LogP contribution in [0.5, 0.6) is 17.6 Å². The van der Waals surface area contributed by atoms with Gasteiger partial charge in [0.15, 0.2) is 5.82 Å². The Hall–Kier alpha value is -4.62. The molecule has 1 saturated carbocycles. The summed E-state index contributed by atoms with van der Waals surface area (Å²) in [5, 5.41) is 19.1. The lowest BCUT2D eigenvalue weighted by molar-refractivity contribution is -0.117. The Morgan fingerprint density at radius 1 is 0.907 bits per heavy atom. The number of pyridine rings is 2. The maximum atomic E-state index is 11.7. The number of fused-ring (bicyclic) bond motifs is 1. The highest BCUT2D eigenvalue weighted by atomic mass is 35.5. The number of likely N-dealkylation sites (tertiary alicyclic amines) is 1. The number of nitrogens with zero attached hydrogens (tertiary/aromatic N) is 6. The van der Waals surface area contributed by atoms with Gasteiger partial charge in [-0.25, -0.2) is 4.98 Å². The number of rotatable bonds is 13. The van der Waals surface area contributed by atoms with E-state index in [1.165, 1.54) is 5.56 Å². The van der Waals surface area contributed by atoms with Gasteiger partial charge >= 0.3 is 0 Å². The van der Waals surface area contributed by atoms with Crippen molar-refractivity contribution < 1.29 is 19.0 Å². The molecule has 54 heavy (non-hydrogen) atoms. The van der Waals surface area contributed by atoms with E-state index in [0.29, 0.717) is 65.3 Å². The molecule has 2 aliphatic carbocycles. The third-order valence-corrected chi connectivity index (χ3v) is 11.5. The third kappa shape index (κ3) is 7.52. The highest BCUT2D eigenvalue weighted by molar-refractivity contribution is 6.36. The molecule has 12 nitrogen and oxygen atoms in total. The van der Waals surface area contributed by atoms with Crippen molar-refractivity contribution in [1.82, 2.24) is 40.8 Å². The van der Waals surface area contributed by atoms with E-state index in [1.54, 1.807) is 14.2 Å². The molecule has 14 heteroatoms. The first kappa shape index (κ1) is 36.4. The van der Waals surface area contributed by atoms with Gasteiger partial charge in [0.05, 0.1) is 24.9 Å². The van der Waals surface area contributed by atoms with E-state index >= 15 is 0 Å². The second-order valence-corrected chi connectivity index (χ2v) is 15.0. The quantitative estimate of drug-likeness (QED) is 0.126. The molecule has 0 radical (unpaired) electrons. The number of aromatic nitrogens is 6. The van der Waals surface area contributed by atoms with Gasteiger partial charge in [-0.2, -0.15) is 10.2 Å². The Morgan fingerprint density at radius 3 is 2.52 bits per heavy atom. The van der Waals surface area contributed by atoms with Crippen LogP contribution in [0.3, 0.4) is 0 Å². The van der Waals surface area contributed by atoms with Crippen LogP contribution < -0.4 is 19.5 Å². The molecule has 3 atom stereocenters. The monoisotopic (exact) mass is 768 g/mol. The Bertz CT molecular complexity index is 2150. The molecule has 0 unspecified atom stereocenters. The fourth-order valence-electron chi connectivity index (χ4n) is 8.11. The summed E-state index contributed by atoms with van der Waals surface area (Å²) in [6.45, 7) is 3.74. The number of tetrazole rings is 1. The van der Waals surface area contributed by atoms with Crippen molar-refractivity contribution in [3.63, 3.8) is 0 Å². The number of benzene rings is 2. The molecule has 280 valence electrons. The summed E-state index contributed by atoms with van der Waals surface area (Å²) in [4.78, 5) is 23.6. The first-order valence-electron chi connectivity index (χ1n) is 18.4. The zero-order valence-electron chi connectivity index (χ0n) is 30.3. The molecule has 0 amide bonds. The Kier molecular flexibility index (Phi) is 10.8. The number of hydrogen-bond donors (Lipinski definition) is 2. The molecule has 2 fully saturated rings. The molecule has 4 heterocycles. The van der Waals surface area contributed by atoms with Crippen LogP contribution in [0.4, 0.5) is 0 Å². The van der Waals surface area contributed by atoms with Crippen LogP contribution in [0.1, 0.15) is 72.2 Å². The molecule has 5 aromatic rings. The fourth-order valence-corrected chi connectivity index (χ4v) is 8.65. The molecule has 0 bridgehead atoms. The van der Waals surface area contributed by atoms with Crippen LogP contribution in [-0.4, -0.2) is 75.1 Å². The van der Waals surface area contributed by atoms with Gasteiger partial charge in [-0.05, 0) is 73.5 Å². The number of aromatic amines is 1. The predicted octanol–water partition coefficient (Wildman–Crippen LogP) is 7.16. The summed E-state index contributed by atoms with van der Waals surface area (Å²) in [5.74, 6) is 3.10. The van der Waals surface area contributed by atoms with E-state index in [1.807, 2.05) is 42.5 Å². The first-order chi connectivity index (χ1) is 26.4. The lowest BCUT2D eigenvalue weighted by Gasteiger charge is -2.20. The maximum Gasteiger partial charge on any atom is 0.236 e. The van der Waals surface area contributed by atoms with Crippen molar-refractivity contribution in [2.24, 2.45) is 5.92 Å². The summed E-state index contributed by atoms with van der Waals surface area (Å²) in [6.07, 6.45) is 4.59. The van der Waals surface area contributed by atoms with Crippen LogP contribution in [0, 0.1) is 5.92 Å². The molecule has 1 saturated heterocycles.